The summed E-state index contributed by atoms with van der Waals surface area (Å²) in [7, 11) is -3.19. The molecule has 3 aliphatic carbocycles. The lowest BCUT2D eigenvalue weighted by Gasteiger charge is -2.26. The molecule has 0 spiro atoms. The average molecular weight is 500 g/mol. The summed E-state index contributed by atoms with van der Waals surface area (Å²) in [6, 6.07) is 2.57. The number of pyridine rings is 1. The van der Waals surface area contributed by atoms with Gasteiger partial charge in [0.1, 0.15) is 22.0 Å². The standard InChI is InChI=1S/C22H25F4N5O2S/c1-34(27,33)15-10-14(4-9-28-15)29-19(32)18-16(22(24,25)26)17(13-2-3-13)30-31(18)12-20-5-7-21(23,11-20)8-6-20/h4,9-10,13,27H,2-3,5-8,11-12H2,1H3,(H,28,29,32)/t20?,21?,34-/m1/s1. The van der Waals surface area contributed by atoms with Gasteiger partial charge in [0.2, 0.25) is 0 Å². The van der Waals surface area contributed by atoms with Gasteiger partial charge in [-0.25, -0.2) is 18.4 Å². The van der Waals surface area contributed by atoms with E-state index >= 15 is 0 Å². The molecule has 3 aliphatic rings. The molecule has 0 aliphatic heterocycles. The van der Waals surface area contributed by atoms with Gasteiger partial charge in [-0.2, -0.15) is 18.3 Å². The molecule has 3 saturated carbocycles. The molecule has 1 atom stereocenters. The van der Waals surface area contributed by atoms with Crippen LogP contribution in [0.1, 0.15) is 72.6 Å². The van der Waals surface area contributed by atoms with Crippen molar-refractivity contribution in [3.63, 3.8) is 0 Å². The van der Waals surface area contributed by atoms with Crippen molar-refractivity contribution in [2.24, 2.45) is 5.41 Å². The summed E-state index contributed by atoms with van der Waals surface area (Å²) in [6.45, 7) is 0.0499. The fraction of sp³-hybridized carbons (Fsp3) is 0.591. The molecule has 7 nitrogen and oxygen atoms in total. The first-order chi connectivity index (χ1) is 15.8. The van der Waals surface area contributed by atoms with Crippen molar-refractivity contribution < 1.29 is 26.6 Å². The Balaban J connectivity index is 1.55. The minimum Gasteiger partial charge on any atom is -0.320 e. The molecule has 2 aromatic rings. The fourth-order valence-corrected chi connectivity index (χ4v) is 6.04. The zero-order valence-electron chi connectivity index (χ0n) is 18.5. The lowest BCUT2D eigenvalue weighted by atomic mass is 9.84. The van der Waals surface area contributed by atoms with Crippen molar-refractivity contribution >= 4 is 21.3 Å². The van der Waals surface area contributed by atoms with Crippen molar-refractivity contribution in [3.8, 4) is 0 Å². The number of aromatic nitrogens is 3. The van der Waals surface area contributed by atoms with E-state index in [4.69, 9.17) is 4.78 Å². The maximum absolute atomic E-state index is 14.8. The highest BCUT2D eigenvalue weighted by molar-refractivity contribution is 7.91. The molecule has 2 bridgehead atoms. The van der Waals surface area contributed by atoms with Gasteiger partial charge in [0.25, 0.3) is 5.91 Å². The molecule has 12 heteroatoms. The van der Waals surface area contributed by atoms with E-state index < -0.39 is 44.2 Å². The number of fused-ring (bicyclic) bond motifs is 2. The van der Waals surface area contributed by atoms with Gasteiger partial charge in [-0.15, -0.1) is 0 Å². The molecule has 2 heterocycles. The molecule has 0 unspecified atom stereocenters. The van der Waals surface area contributed by atoms with Crippen molar-refractivity contribution in [1.29, 1.82) is 4.78 Å². The summed E-state index contributed by atoms with van der Waals surface area (Å²) < 4.78 is 78.3. The van der Waals surface area contributed by atoms with Crippen molar-refractivity contribution in [3.05, 3.63) is 35.3 Å². The van der Waals surface area contributed by atoms with Gasteiger partial charge < -0.3 is 5.32 Å². The van der Waals surface area contributed by atoms with E-state index in [1.807, 2.05) is 0 Å². The fourth-order valence-electron chi connectivity index (χ4n) is 5.42. The number of hydrogen-bond acceptors (Lipinski definition) is 5. The predicted molar refractivity (Wildman–Crippen MR) is 116 cm³/mol. The molecule has 3 fully saturated rings. The molecule has 5 rings (SSSR count). The molecule has 184 valence electrons. The summed E-state index contributed by atoms with van der Waals surface area (Å²) in [5.74, 6) is -1.36. The second-order valence-electron chi connectivity index (χ2n) is 10.0. The topological polar surface area (TPSA) is 101 Å². The van der Waals surface area contributed by atoms with Crippen LogP contribution in [0.15, 0.2) is 23.4 Å². The first kappa shape index (κ1) is 23.3. The number of nitrogens with one attached hydrogen (secondary N) is 2. The Morgan fingerprint density at radius 2 is 1.97 bits per heavy atom. The molecule has 34 heavy (non-hydrogen) atoms. The number of rotatable bonds is 6. The molecule has 2 N–H and O–H groups in total. The zero-order chi connectivity index (χ0) is 24.5. The van der Waals surface area contributed by atoms with E-state index in [-0.39, 0.29) is 35.3 Å². The monoisotopic (exact) mass is 499 g/mol. The molecule has 0 radical (unpaired) electrons. The lowest BCUT2D eigenvalue weighted by Crippen LogP contribution is -2.28. The molecular formula is C22H25F4N5O2S. The average Bonchev–Trinajstić information content (AvgIpc) is 3.32. The third-order valence-electron chi connectivity index (χ3n) is 7.22. The third kappa shape index (κ3) is 4.20. The van der Waals surface area contributed by atoms with E-state index in [1.165, 1.54) is 18.3 Å². The Labute approximate surface area is 194 Å². The van der Waals surface area contributed by atoms with Crippen LogP contribution in [0.5, 0.6) is 0 Å². The number of alkyl halides is 4. The molecule has 0 aromatic carbocycles. The van der Waals surface area contributed by atoms with Crippen LogP contribution in [0.4, 0.5) is 23.2 Å². The van der Waals surface area contributed by atoms with Crippen LogP contribution in [0.3, 0.4) is 0 Å². The van der Waals surface area contributed by atoms with Crippen molar-refractivity contribution in [2.45, 2.75) is 74.3 Å². The van der Waals surface area contributed by atoms with E-state index in [0.29, 0.717) is 38.5 Å². The van der Waals surface area contributed by atoms with Gasteiger partial charge in [-0.3, -0.25) is 9.48 Å². The largest absolute Gasteiger partial charge is 0.420 e. The van der Waals surface area contributed by atoms with Gasteiger partial charge in [0.15, 0.2) is 0 Å². The quantitative estimate of drug-likeness (QED) is 0.538. The van der Waals surface area contributed by atoms with Crippen LogP contribution < -0.4 is 5.32 Å². The second kappa shape index (κ2) is 7.50. The number of carbonyl (C=O) groups is 1. The Hall–Kier alpha value is -2.50. The second-order valence-corrected chi connectivity index (χ2v) is 12.2. The minimum absolute atomic E-state index is 0.0499. The highest BCUT2D eigenvalue weighted by Crippen LogP contribution is 2.59. The van der Waals surface area contributed by atoms with E-state index in [9.17, 15) is 26.6 Å². The molecule has 1 amide bonds. The van der Waals surface area contributed by atoms with E-state index in [2.05, 4.69) is 15.4 Å². The number of amides is 1. The Kier molecular flexibility index (Phi) is 5.13. The number of halogens is 4. The highest BCUT2D eigenvalue weighted by atomic mass is 32.2. The predicted octanol–water partition coefficient (Wildman–Crippen LogP) is 5.13. The maximum atomic E-state index is 14.8. The van der Waals surface area contributed by atoms with E-state index in [0.717, 1.165) is 10.9 Å². The summed E-state index contributed by atoms with van der Waals surface area (Å²) in [4.78, 5) is 17.1. The van der Waals surface area contributed by atoms with Gasteiger partial charge >= 0.3 is 6.18 Å². The van der Waals surface area contributed by atoms with Crippen LogP contribution in [-0.2, 0) is 22.5 Å². The van der Waals surface area contributed by atoms with Crippen LogP contribution in [-0.4, -0.2) is 36.8 Å². The van der Waals surface area contributed by atoms with Crippen LogP contribution in [0.25, 0.3) is 0 Å². The Bertz CT molecular complexity index is 1260. The smallest absolute Gasteiger partial charge is 0.320 e. The number of anilines is 1. The summed E-state index contributed by atoms with van der Waals surface area (Å²) in [6.07, 6.45) is 0.857. The van der Waals surface area contributed by atoms with Gasteiger partial charge in [-0.1, -0.05) is 0 Å². The lowest BCUT2D eigenvalue weighted by molar-refractivity contribution is -0.138. The van der Waals surface area contributed by atoms with Crippen molar-refractivity contribution in [2.75, 3.05) is 11.6 Å². The van der Waals surface area contributed by atoms with Crippen LogP contribution in [0.2, 0.25) is 0 Å². The van der Waals surface area contributed by atoms with Gasteiger partial charge in [-0.05, 0) is 62.5 Å². The van der Waals surface area contributed by atoms with E-state index in [1.54, 1.807) is 0 Å². The summed E-state index contributed by atoms with van der Waals surface area (Å²) in [5, 5.41) is 6.63. The molecule has 2 aromatic heterocycles. The minimum atomic E-state index is -4.79. The SMILES string of the molecule is C[S@@](=N)(=O)c1cc(NC(=O)c2c(C(F)(F)F)c(C3CC3)nn2CC23CCC(F)(CC2)C3)ccn1. The first-order valence-electron chi connectivity index (χ1n) is 11.2. The van der Waals surface area contributed by atoms with Crippen LogP contribution >= 0.6 is 0 Å². The molecular weight excluding hydrogens is 474 g/mol. The Morgan fingerprint density at radius 3 is 2.50 bits per heavy atom. The first-order valence-corrected chi connectivity index (χ1v) is 13.1. The summed E-state index contributed by atoms with van der Waals surface area (Å²) in [5.41, 5.74) is -3.47. The third-order valence-corrected chi connectivity index (χ3v) is 8.24. The molecule has 0 saturated heterocycles. The zero-order valence-corrected chi connectivity index (χ0v) is 19.4. The van der Waals surface area contributed by atoms with Crippen LogP contribution in [0, 0.1) is 10.2 Å². The number of carbonyl (C=O) groups excluding carboxylic acids is 1. The van der Waals surface area contributed by atoms with Gasteiger partial charge in [0.05, 0.1) is 15.4 Å². The Morgan fingerprint density at radius 1 is 1.29 bits per heavy atom. The normalized spacial score (nSPS) is 28.1. The maximum Gasteiger partial charge on any atom is 0.420 e. The number of nitrogens with zero attached hydrogens (tertiary/aromatic N) is 3. The highest BCUT2D eigenvalue weighted by Gasteiger charge is 2.56. The number of hydrogen-bond donors (Lipinski definition) is 2. The van der Waals surface area contributed by atoms with Crippen molar-refractivity contribution in [1.82, 2.24) is 14.8 Å². The summed E-state index contributed by atoms with van der Waals surface area (Å²) >= 11 is 0. The van der Waals surface area contributed by atoms with Gasteiger partial charge in [0, 0.05) is 30.6 Å².